The van der Waals surface area contributed by atoms with Gasteiger partial charge in [0.15, 0.2) is 11.7 Å². The summed E-state index contributed by atoms with van der Waals surface area (Å²) in [5.74, 6) is 0.756. The molecule has 0 atom stereocenters. The number of nitrogens with one attached hydrogen (secondary N) is 1. The van der Waals surface area contributed by atoms with Gasteiger partial charge >= 0.3 is 0 Å². The Morgan fingerprint density at radius 3 is 2.62 bits per heavy atom. The smallest absolute Gasteiger partial charge is 0.269 e. The number of hydrogen-bond donors (Lipinski definition) is 1. The molecule has 1 amide bonds. The molecule has 134 valence electrons. The summed E-state index contributed by atoms with van der Waals surface area (Å²) in [7, 11) is 0. The summed E-state index contributed by atoms with van der Waals surface area (Å²) >= 11 is 1.34. The van der Waals surface area contributed by atoms with Crippen molar-refractivity contribution in [2.75, 3.05) is 18.5 Å². The molecule has 0 fully saturated rings. The first-order valence-corrected chi connectivity index (χ1v) is 8.57. The molecule has 0 saturated heterocycles. The van der Waals surface area contributed by atoms with Crippen molar-refractivity contribution in [1.82, 2.24) is 4.98 Å². The number of thiazole rings is 1. The van der Waals surface area contributed by atoms with Crippen LogP contribution in [0.5, 0.6) is 11.5 Å². The van der Waals surface area contributed by atoms with Crippen molar-refractivity contribution >= 4 is 38.3 Å². The molecule has 0 bridgehead atoms. The van der Waals surface area contributed by atoms with Gasteiger partial charge in [0.2, 0.25) is 0 Å². The van der Waals surface area contributed by atoms with E-state index < -0.39 is 4.92 Å². The molecule has 1 heterocycles. The summed E-state index contributed by atoms with van der Waals surface area (Å²) in [6.45, 7) is 2.26. The van der Waals surface area contributed by atoms with Crippen molar-refractivity contribution in [3.05, 3.63) is 52.6 Å². The van der Waals surface area contributed by atoms with E-state index in [9.17, 15) is 14.9 Å². The fourth-order valence-electron chi connectivity index (χ4n) is 2.18. The van der Waals surface area contributed by atoms with Gasteiger partial charge in [-0.1, -0.05) is 11.3 Å². The lowest BCUT2D eigenvalue weighted by molar-refractivity contribution is -0.384. The van der Waals surface area contributed by atoms with E-state index in [2.05, 4.69) is 10.3 Å². The molecule has 3 rings (SSSR count). The molecule has 0 unspecified atom stereocenters. The maximum atomic E-state index is 12.0. The Hall–Kier alpha value is -3.20. The number of nitrogens with zero attached hydrogens (tertiary/aromatic N) is 2. The fraction of sp³-hybridized carbons (Fsp3) is 0.176. The number of anilines is 1. The molecule has 26 heavy (non-hydrogen) atoms. The van der Waals surface area contributed by atoms with E-state index in [0.29, 0.717) is 17.5 Å². The van der Waals surface area contributed by atoms with E-state index in [0.717, 1.165) is 16.0 Å². The fourth-order valence-corrected chi connectivity index (χ4v) is 3.09. The minimum atomic E-state index is -0.499. The summed E-state index contributed by atoms with van der Waals surface area (Å²) in [4.78, 5) is 26.4. The Labute approximate surface area is 152 Å². The summed E-state index contributed by atoms with van der Waals surface area (Å²) in [5.41, 5.74) is 0.729. The van der Waals surface area contributed by atoms with Crippen LogP contribution in [-0.2, 0) is 4.79 Å². The molecule has 0 aliphatic rings. The third kappa shape index (κ3) is 4.25. The van der Waals surface area contributed by atoms with E-state index in [-0.39, 0.29) is 18.2 Å². The van der Waals surface area contributed by atoms with Crippen molar-refractivity contribution in [2.45, 2.75) is 6.92 Å². The molecule has 0 aliphatic heterocycles. The van der Waals surface area contributed by atoms with Crippen LogP contribution in [0.3, 0.4) is 0 Å². The maximum Gasteiger partial charge on any atom is 0.269 e. The van der Waals surface area contributed by atoms with Crippen LogP contribution < -0.4 is 14.8 Å². The van der Waals surface area contributed by atoms with Crippen LogP contribution in [0.1, 0.15) is 6.92 Å². The van der Waals surface area contributed by atoms with Crippen LogP contribution in [0.15, 0.2) is 42.5 Å². The van der Waals surface area contributed by atoms with Gasteiger partial charge in [-0.25, -0.2) is 4.98 Å². The van der Waals surface area contributed by atoms with Gasteiger partial charge in [-0.05, 0) is 37.3 Å². The molecule has 0 aliphatic carbocycles. The highest BCUT2D eigenvalue weighted by Crippen LogP contribution is 2.29. The molecule has 8 nitrogen and oxygen atoms in total. The number of carbonyl (C=O) groups excluding carboxylic acids is 1. The standard InChI is InChI=1S/C17H15N3O5S/c1-2-24-13-7-8-14-15(9-13)26-17(18-14)19-16(21)10-25-12-5-3-11(4-6-12)20(22)23/h3-9H,2,10H2,1H3,(H,18,19,21). The molecule has 3 aromatic rings. The van der Waals surface area contributed by atoms with Crippen molar-refractivity contribution in [1.29, 1.82) is 0 Å². The highest BCUT2D eigenvalue weighted by atomic mass is 32.1. The van der Waals surface area contributed by atoms with Crippen molar-refractivity contribution < 1.29 is 19.2 Å². The maximum absolute atomic E-state index is 12.0. The molecule has 1 N–H and O–H groups in total. The normalized spacial score (nSPS) is 10.5. The molecule has 0 spiro atoms. The van der Waals surface area contributed by atoms with Gasteiger partial charge in [0.05, 0.1) is 21.7 Å². The van der Waals surface area contributed by atoms with E-state index >= 15 is 0 Å². The van der Waals surface area contributed by atoms with Gasteiger partial charge < -0.3 is 9.47 Å². The van der Waals surface area contributed by atoms with Crippen LogP contribution >= 0.6 is 11.3 Å². The predicted molar refractivity (Wildman–Crippen MR) is 98.0 cm³/mol. The van der Waals surface area contributed by atoms with Crippen molar-refractivity contribution in [2.24, 2.45) is 0 Å². The quantitative estimate of drug-likeness (QED) is 0.501. The van der Waals surface area contributed by atoms with E-state index in [1.54, 1.807) is 0 Å². The summed E-state index contributed by atoms with van der Waals surface area (Å²) in [6, 6.07) is 11.1. The molecule has 0 radical (unpaired) electrons. The molecular formula is C17H15N3O5S. The van der Waals surface area contributed by atoms with Gasteiger partial charge in [0, 0.05) is 12.1 Å². The predicted octanol–water partition coefficient (Wildman–Crippen LogP) is 3.62. The SMILES string of the molecule is CCOc1ccc2nc(NC(=O)COc3ccc([N+](=O)[O-])cc3)sc2c1. The zero-order valence-electron chi connectivity index (χ0n) is 13.8. The van der Waals surface area contributed by atoms with Gasteiger partial charge in [-0.15, -0.1) is 0 Å². The average Bonchev–Trinajstić information content (AvgIpc) is 3.02. The Bertz CT molecular complexity index is 939. The lowest BCUT2D eigenvalue weighted by Crippen LogP contribution is -2.19. The van der Waals surface area contributed by atoms with Gasteiger partial charge in [0.1, 0.15) is 11.5 Å². The number of nitro benzene ring substituents is 1. The van der Waals surface area contributed by atoms with E-state index in [1.807, 2.05) is 25.1 Å². The van der Waals surface area contributed by atoms with Crippen molar-refractivity contribution in [3.63, 3.8) is 0 Å². The topological polar surface area (TPSA) is 104 Å². The van der Waals surface area contributed by atoms with E-state index in [4.69, 9.17) is 9.47 Å². The third-order valence-electron chi connectivity index (χ3n) is 3.33. The first-order chi connectivity index (χ1) is 12.5. The number of nitro groups is 1. The van der Waals surface area contributed by atoms with Crippen LogP contribution in [0, 0.1) is 10.1 Å². The Morgan fingerprint density at radius 1 is 1.19 bits per heavy atom. The number of amides is 1. The number of rotatable bonds is 7. The molecular weight excluding hydrogens is 358 g/mol. The van der Waals surface area contributed by atoms with Crippen LogP contribution in [0.4, 0.5) is 10.8 Å². The summed E-state index contributed by atoms with van der Waals surface area (Å²) < 4.78 is 11.7. The number of fused-ring (bicyclic) bond motifs is 1. The highest BCUT2D eigenvalue weighted by Gasteiger charge is 2.10. The zero-order valence-corrected chi connectivity index (χ0v) is 14.6. The van der Waals surface area contributed by atoms with Gasteiger partial charge in [-0.2, -0.15) is 0 Å². The number of carbonyl (C=O) groups is 1. The minimum Gasteiger partial charge on any atom is -0.494 e. The largest absolute Gasteiger partial charge is 0.494 e. The lowest BCUT2D eigenvalue weighted by Gasteiger charge is -2.05. The zero-order chi connectivity index (χ0) is 18.5. The number of ether oxygens (including phenoxy) is 2. The second kappa shape index (κ2) is 7.79. The summed E-state index contributed by atoms with van der Waals surface area (Å²) in [6.07, 6.45) is 0. The Kier molecular flexibility index (Phi) is 5.28. The Morgan fingerprint density at radius 2 is 1.92 bits per heavy atom. The molecule has 2 aromatic carbocycles. The van der Waals surface area contributed by atoms with Gasteiger partial charge in [-0.3, -0.25) is 20.2 Å². The lowest BCUT2D eigenvalue weighted by atomic mass is 10.3. The summed E-state index contributed by atoms with van der Waals surface area (Å²) in [5, 5.41) is 13.7. The number of aromatic nitrogens is 1. The van der Waals surface area contributed by atoms with Gasteiger partial charge in [0.25, 0.3) is 11.6 Å². The second-order valence-corrected chi connectivity index (χ2v) is 6.20. The number of benzene rings is 2. The minimum absolute atomic E-state index is 0.0392. The second-order valence-electron chi connectivity index (χ2n) is 5.17. The average molecular weight is 373 g/mol. The Balaban J connectivity index is 1.59. The highest BCUT2D eigenvalue weighted by molar-refractivity contribution is 7.22. The van der Waals surface area contributed by atoms with Crippen LogP contribution in [0.2, 0.25) is 0 Å². The first-order valence-electron chi connectivity index (χ1n) is 7.75. The molecule has 9 heteroatoms. The van der Waals surface area contributed by atoms with E-state index in [1.165, 1.54) is 35.6 Å². The molecule has 0 saturated carbocycles. The number of non-ortho nitro benzene ring substituents is 1. The first kappa shape index (κ1) is 17.6. The number of hydrogen-bond acceptors (Lipinski definition) is 7. The molecule has 1 aromatic heterocycles. The monoisotopic (exact) mass is 373 g/mol. The third-order valence-corrected chi connectivity index (χ3v) is 4.27. The van der Waals surface area contributed by atoms with Crippen LogP contribution in [0.25, 0.3) is 10.2 Å². The van der Waals surface area contributed by atoms with Crippen LogP contribution in [-0.4, -0.2) is 29.0 Å². The van der Waals surface area contributed by atoms with Crippen molar-refractivity contribution in [3.8, 4) is 11.5 Å².